The number of rotatable bonds is 2. The van der Waals surface area contributed by atoms with E-state index in [1.807, 2.05) is 22.6 Å². The second kappa shape index (κ2) is 6.49. The van der Waals surface area contributed by atoms with Crippen LogP contribution in [0.4, 0.5) is 0 Å². The molecule has 1 fully saturated rings. The highest BCUT2D eigenvalue weighted by Crippen LogP contribution is 2.29. The van der Waals surface area contributed by atoms with E-state index < -0.39 is 12.0 Å². The number of nitrogens with zero attached hydrogens (tertiary/aromatic N) is 1. The number of hydrogen-bond acceptors (Lipinski definition) is 2. The fourth-order valence-corrected chi connectivity index (χ4v) is 3.33. The van der Waals surface area contributed by atoms with Gasteiger partial charge in [0.2, 0.25) is 0 Å². The van der Waals surface area contributed by atoms with E-state index in [0.29, 0.717) is 32.1 Å². The molecule has 0 aromatic heterocycles. The second-order valence-corrected chi connectivity index (χ2v) is 6.52. The molecule has 1 unspecified atom stereocenters. The second-order valence-electron chi connectivity index (χ2n) is 4.60. The standard InChI is InChI=1S/C13H12Cl2INO3/c14-7-5-8(11(16)9(15)6-7)12(18)17-4-2-1-3-10(17)13(19)20/h5-6,10H,1-4H2,(H,19,20). The smallest absolute Gasteiger partial charge is 0.326 e. The van der Waals surface area contributed by atoms with E-state index in [-0.39, 0.29) is 5.91 Å². The summed E-state index contributed by atoms with van der Waals surface area (Å²) in [6.07, 6.45) is 2.10. The summed E-state index contributed by atoms with van der Waals surface area (Å²) in [4.78, 5) is 25.3. The minimum atomic E-state index is -0.971. The number of halogens is 3. The quantitative estimate of drug-likeness (QED) is 0.578. The summed E-state index contributed by atoms with van der Waals surface area (Å²) in [5.74, 6) is -1.30. The van der Waals surface area contributed by atoms with Gasteiger partial charge in [-0.3, -0.25) is 4.79 Å². The molecule has 1 aliphatic rings. The molecule has 1 heterocycles. The first-order valence-electron chi connectivity index (χ1n) is 6.10. The van der Waals surface area contributed by atoms with Crippen molar-refractivity contribution in [1.29, 1.82) is 0 Å². The van der Waals surface area contributed by atoms with E-state index in [2.05, 4.69) is 0 Å². The third-order valence-electron chi connectivity index (χ3n) is 3.27. The van der Waals surface area contributed by atoms with Crippen molar-refractivity contribution >= 4 is 57.7 Å². The van der Waals surface area contributed by atoms with Gasteiger partial charge in [-0.15, -0.1) is 0 Å². The van der Waals surface area contributed by atoms with Crippen LogP contribution in [0.15, 0.2) is 12.1 Å². The van der Waals surface area contributed by atoms with E-state index >= 15 is 0 Å². The largest absolute Gasteiger partial charge is 0.480 e. The molecule has 1 atom stereocenters. The predicted octanol–water partition coefficient (Wildman–Crippen LogP) is 3.68. The van der Waals surface area contributed by atoms with Crippen molar-refractivity contribution in [2.45, 2.75) is 25.3 Å². The van der Waals surface area contributed by atoms with Crippen LogP contribution in [0.2, 0.25) is 10.0 Å². The Morgan fingerprint density at radius 1 is 1.30 bits per heavy atom. The number of likely N-dealkylation sites (tertiary alicyclic amines) is 1. The van der Waals surface area contributed by atoms with Crippen molar-refractivity contribution in [2.24, 2.45) is 0 Å². The number of carbonyl (C=O) groups excluding carboxylic acids is 1. The Labute approximate surface area is 140 Å². The summed E-state index contributed by atoms with van der Waals surface area (Å²) in [7, 11) is 0. The third kappa shape index (κ3) is 3.20. The van der Waals surface area contributed by atoms with E-state index in [1.165, 1.54) is 11.0 Å². The Morgan fingerprint density at radius 2 is 2.00 bits per heavy atom. The molecule has 1 aliphatic heterocycles. The Kier molecular flexibility index (Phi) is 5.14. The summed E-state index contributed by atoms with van der Waals surface area (Å²) in [6.45, 7) is 0.440. The van der Waals surface area contributed by atoms with Crippen molar-refractivity contribution in [3.63, 3.8) is 0 Å². The number of piperidine rings is 1. The van der Waals surface area contributed by atoms with Crippen molar-refractivity contribution in [3.8, 4) is 0 Å². The maximum absolute atomic E-state index is 12.6. The first-order chi connectivity index (χ1) is 9.41. The van der Waals surface area contributed by atoms with E-state index in [1.54, 1.807) is 6.07 Å². The maximum atomic E-state index is 12.6. The molecule has 4 nitrogen and oxygen atoms in total. The number of amides is 1. The van der Waals surface area contributed by atoms with E-state index in [9.17, 15) is 14.7 Å². The SMILES string of the molecule is O=C(O)C1CCCCN1C(=O)c1cc(Cl)cc(Cl)c1I. The van der Waals surface area contributed by atoms with Crippen LogP contribution in [0.1, 0.15) is 29.6 Å². The average Bonchev–Trinajstić information content (AvgIpc) is 2.42. The molecule has 108 valence electrons. The van der Waals surface area contributed by atoms with Crippen molar-refractivity contribution < 1.29 is 14.7 Å². The topological polar surface area (TPSA) is 57.6 Å². The summed E-state index contributed by atoms with van der Waals surface area (Å²) in [5, 5.41) is 9.99. The van der Waals surface area contributed by atoms with Crippen LogP contribution in [-0.4, -0.2) is 34.5 Å². The fourth-order valence-electron chi connectivity index (χ4n) is 2.30. The summed E-state index contributed by atoms with van der Waals surface area (Å²) in [6, 6.07) is 2.32. The lowest BCUT2D eigenvalue weighted by Gasteiger charge is -2.33. The molecule has 0 saturated carbocycles. The summed E-state index contributed by atoms with van der Waals surface area (Å²) in [5.41, 5.74) is 0.358. The van der Waals surface area contributed by atoms with Gasteiger partial charge < -0.3 is 10.0 Å². The highest BCUT2D eigenvalue weighted by atomic mass is 127. The maximum Gasteiger partial charge on any atom is 0.326 e. The zero-order chi connectivity index (χ0) is 14.9. The molecule has 1 aromatic carbocycles. The molecule has 2 rings (SSSR count). The first-order valence-corrected chi connectivity index (χ1v) is 7.93. The Hall–Kier alpha value is -0.530. The molecule has 1 saturated heterocycles. The van der Waals surface area contributed by atoms with Gasteiger partial charge in [-0.25, -0.2) is 4.79 Å². The van der Waals surface area contributed by atoms with E-state index in [4.69, 9.17) is 23.2 Å². The zero-order valence-corrected chi connectivity index (χ0v) is 14.1. The van der Waals surface area contributed by atoms with Gasteiger partial charge in [0.05, 0.1) is 10.6 Å². The van der Waals surface area contributed by atoms with Crippen LogP contribution in [0.3, 0.4) is 0 Å². The van der Waals surface area contributed by atoms with Gasteiger partial charge in [0.15, 0.2) is 0 Å². The molecule has 0 radical (unpaired) electrons. The normalized spacial score (nSPS) is 18.9. The van der Waals surface area contributed by atoms with Gasteiger partial charge in [0.1, 0.15) is 6.04 Å². The number of carboxylic acids is 1. The predicted molar refractivity (Wildman–Crippen MR) is 85.5 cm³/mol. The molecule has 0 bridgehead atoms. The number of carbonyl (C=O) groups is 2. The van der Waals surface area contributed by atoms with Crippen LogP contribution in [0.5, 0.6) is 0 Å². The monoisotopic (exact) mass is 427 g/mol. The van der Waals surface area contributed by atoms with Crippen molar-refractivity contribution in [1.82, 2.24) is 4.90 Å². The van der Waals surface area contributed by atoms with Gasteiger partial charge in [0.25, 0.3) is 5.91 Å². The van der Waals surface area contributed by atoms with Crippen LogP contribution in [0.25, 0.3) is 0 Å². The zero-order valence-electron chi connectivity index (χ0n) is 10.4. The van der Waals surface area contributed by atoms with Crippen molar-refractivity contribution in [3.05, 3.63) is 31.3 Å². The molecule has 0 aliphatic carbocycles. The van der Waals surface area contributed by atoms with Crippen LogP contribution < -0.4 is 0 Å². The Balaban J connectivity index is 2.37. The molecule has 1 aromatic rings. The molecule has 1 N–H and O–H groups in total. The highest BCUT2D eigenvalue weighted by molar-refractivity contribution is 14.1. The number of aliphatic carboxylic acids is 1. The van der Waals surface area contributed by atoms with Gasteiger partial charge in [-0.05, 0) is 54.0 Å². The summed E-state index contributed by atoms with van der Waals surface area (Å²) >= 11 is 13.9. The minimum Gasteiger partial charge on any atom is -0.480 e. The summed E-state index contributed by atoms with van der Waals surface area (Å²) < 4.78 is 0.591. The van der Waals surface area contributed by atoms with Gasteiger partial charge in [-0.2, -0.15) is 0 Å². The van der Waals surface area contributed by atoms with Crippen LogP contribution >= 0.6 is 45.8 Å². The molecular weight excluding hydrogens is 416 g/mol. The lowest BCUT2D eigenvalue weighted by Crippen LogP contribution is -2.48. The lowest BCUT2D eigenvalue weighted by molar-refractivity contribution is -0.143. The number of carboxylic acid groups (broad SMARTS) is 1. The van der Waals surface area contributed by atoms with Crippen LogP contribution in [-0.2, 0) is 4.79 Å². The van der Waals surface area contributed by atoms with Gasteiger partial charge in [0, 0.05) is 15.1 Å². The number of hydrogen-bond donors (Lipinski definition) is 1. The molecular formula is C13H12Cl2INO3. The van der Waals surface area contributed by atoms with Gasteiger partial charge in [-0.1, -0.05) is 23.2 Å². The van der Waals surface area contributed by atoms with Gasteiger partial charge >= 0.3 is 5.97 Å². The molecule has 1 amide bonds. The molecule has 7 heteroatoms. The minimum absolute atomic E-state index is 0.328. The third-order valence-corrected chi connectivity index (χ3v) is 5.27. The molecule has 20 heavy (non-hydrogen) atoms. The van der Waals surface area contributed by atoms with E-state index in [0.717, 1.165) is 12.8 Å². The Bertz CT molecular complexity index is 565. The Morgan fingerprint density at radius 3 is 2.65 bits per heavy atom. The fraction of sp³-hybridized carbons (Fsp3) is 0.385. The number of benzene rings is 1. The van der Waals surface area contributed by atoms with Crippen LogP contribution in [0, 0.1) is 3.57 Å². The van der Waals surface area contributed by atoms with Crippen molar-refractivity contribution in [2.75, 3.05) is 6.54 Å². The lowest BCUT2D eigenvalue weighted by atomic mass is 10.0. The molecule has 0 spiro atoms. The first kappa shape index (κ1) is 15.9. The average molecular weight is 428 g/mol. The highest BCUT2D eigenvalue weighted by Gasteiger charge is 2.33.